The molecule has 0 aliphatic carbocycles. The monoisotopic (exact) mass is 228 g/mol. The highest BCUT2D eigenvalue weighted by atomic mass is 79.9. The van der Waals surface area contributed by atoms with E-state index in [9.17, 15) is 4.79 Å². The number of rotatable bonds is 4. The molecule has 0 radical (unpaired) electrons. The van der Waals surface area contributed by atoms with Crippen molar-refractivity contribution in [2.24, 2.45) is 0 Å². The first kappa shape index (κ1) is 10.3. The molecule has 0 aromatic heterocycles. The Balaban J connectivity index is 3.61. The quantitative estimate of drug-likeness (QED) is 0.486. The van der Waals surface area contributed by atoms with Crippen LogP contribution < -0.4 is 0 Å². The second-order valence-electron chi connectivity index (χ2n) is 1.86. The second-order valence-corrected chi connectivity index (χ2v) is 3.70. The SMILES string of the molecule is O=C(O)CC(S)C(Br)CO. The molecule has 0 aliphatic rings. The van der Waals surface area contributed by atoms with E-state index in [4.69, 9.17) is 10.2 Å². The number of carboxylic acids is 1. The van der Waals surface area contributed by atoms with Crippen LogP contribution >= 0.6 is 28.6 Å². The van der Waals surface area contributed by atoms with Gasteiger partial charge in [-0.1, -0.05) is 15.9 Å². The zero-order valence-corrected chi connectivity index (χ0v) is 7.68. The molecule has 2 N–H and O–H groups in total. The van der Waals surface area contributed by atoms with Gasteiger partial charge in [0, 0.05) is 10.1 Å². The number of hydrogen-bond donors (Lipinski definition) is 3. The summed E-state index contributed by atoms with van der Waals surface area (Å²) in [7, 11) is 0. The molecular formula is C5H9BrO3S. The molecule has 0 aromatic carbocycles. The van der Waals surface area contributed by atoms with Crippen LogP contribution in [0.5, 0.6) is 0 Å². The zero-order chi connectivity index (χ0) is 8.15. The van der Waals surface area contributed by atoms with E-state index < -0.39 is 5.97 Å². The minimum absolute atomic E-state index is 0.0421. The summed E-state index contributed by atoms with van der Waals surface area (Å²) in [5.41, 5.74) is 0. The molecule has 2 atom stereocenters. The summed E-state index contributed by atoms with van der Waals surface area (Å²) < 4.78 is 0. The summed E-state index contributed by atoms with van der Waals surface area (Å²) in [6.07, 6.45) is -0.0421. The van der Waals surface area contributed by atoms with E-state index in [1.807, 2.05) is 0 Å². The fourth-order valence-electron chi connectivity index (χ4n) is 0.428. The van der Waals surface area contributed by atoms with Crippen LogP contribution in [-0.2, 0) is 4.79 Å². The number of aliphatic carboxylic acids is 1. The third kappa shape index (κ3) is 4.14. The maximum Gasteiger partial charge on any atom is 0.304 e. The number of aliphatic hydroxyl groups is 1. The number of alkyl halides is 1. The molecule has 3 nitrogen and oxygen atoms in total. The van der Waals surface area contributed by atoms with Crippen molar-refractivity contribution in [3.63, 3.8) is 0 Å². The molecule has 0 heterocycles. The number of carboxylic acid groups (broad SMARTS) is 1. The molecule has 0 amide bonds. The van der Waals surface area contributed by atoms with Crippen molar-refractivity contribution in [1.82, 2.24) is 0 Å². The van der Waals surface area contributed by atoms with Gasteiger partial charge in [-0.05, 0) is 0 Å². The van der Waals surface area contributed by atoms with E-state index in [0.29, 0.717) is 0 Å². The summed E-state index contributed by atoms with van der Waals surface area (Å²) in [5, 5.41) is 16.5. The second kappa shape index (κ2) is 4.98. The fourth-order valence-corrected chi connectivity index (χ4v) is 0.866. The lowest BCUT2D eigenvalue weighted by Crippen LogP contribution is -2.21. The molecule has 0 bridgehead atoms. The summed E-state index contributed by atoms with van der Waals surface area (Å²) in [6, 6.07) is 0. The van der Waals surface area contributed by atoms with Gasteiger partial charge in [0.25, 0.3) is 0 Å². The van der Waals surface area contributed by atoms with E-state index in [0.717, 1.165) is 0 Å². The van der Waals surface area contributed by atoms with Crippen molar-refractivity contribution in [2.45, 2.75) is 16.5 Å². The van der Waals surface area contributed by atoms with Gasteiger partial charge in [0.1, 0.15) is 0 Å². The highest BCUT2D eigenvalue weighted by Crippen LogP contribution is 2.14. The van der Waals surface area contributed by atoms with Crippen LogP contribution in [0, 0.1) is 0 Å². The molecule has 2 unspecified atom stereocenters. The van der Waals surface area contributed by atoms with Crippen LogP contribution in [0.3, 0.4) is 0 Å². The maximum absolute atomic E-state index is 10.1. The molecule has 5 heteroatoms. The van der Waals surface area contributed by atoms with E-state index in [1.54, 1.807) is 0 Å². The van der Waals surface area contributed by atoms with Crippen LogP contribution in [0.25, 0.3) is 0 Å². The van der Waals surface area contributed by atoms with Gasteiger partial charge >= 0.3 is 5.97 Å². The van der Waals surface area contributed by atoms with Gasteiger partial charge in [-0.2, -0.15) is 12.6 Å². The number of halogens is 1. The summed E-state index contributed by atoms with van der Waals surface area (Å²) in [6.45, 7) is -0.0958. The minimum Gasteiger partial charge on any atom is -0.481 e. The van der Waals surface area contributed by atoms with Crippen molar-refractivity contribution in [2.75, 3.05) is 6.61 Å². The number of hydrogen-bond acceptors (Lipinski definition) is 3. The van der Waals surface area contributed by atoms with Crippen LogP contribution in [0.15, 0.2) is 0 Å². The molecule has 0 spiro atoms. The molecule has 60 valence electrons. The zero-order valence-electron chi connectivity index (χ0n) is 5.20. The molecule has 0 rings (SSSR count). The third-order valence-electron chi connectivity index (χ3n) is 0.976. The molecule has 0 aliphatic heterocycles. The van der Waals surface area contributed by atoms with Crippen molar-refractivity contribution in [1.29, 1.82) is 0 Å². The first-order chi connectivity index (χ1) is 4.57. The Morgan fingerprint density at radius 1 is 1.70 bits per heavy atom. The minimum atomic E-state index is -0.905. The summed E-state index contributed by atoms with van der Waals surface area (Å²) in [4.78, 5) is 9.84. The predicted molar refractivity (Wildman–Crippen MR) is 44.8 cm³/mol. The number of aliphatic hydroxyl groups excluding tert-OH is 1. The van der Waals surface area contributed by atoms with Gasteiger partial charge in [0.2, 0.25) is 0 Å². The largest absolute Gasteiger partial charge is 0.481 e. The smallest absolute Gasteiger partial charge is 0.304 e. The molecule has 10 heavy (non-hydrogen) atoms. The molecule has 0 saturated heterocycles. The van der Waals surface area contributed by atoms with Crippen molar-refractivity contribution in [3.8, 4) is 0 Å². The Labute approximate surface area is 73.0 Å². The molecule has 0 fully saturated rings. The lowest BCUT2D eigenvalue weighted by molar-refractivity contribution is -0.136. The van der Waals surface area contributed by atoms with Gasteiger partial charge in [-0.25, -0.2) is 0 Å². The van der Waals surface area contributed by atoms with E-state index >= 15 is 0 Å². The van der Waals surface area contributed by atoms with Gasteiger partial charge < -0.3 is 10.2 Å². The third-order valence-corrected chi connectivity index (χ3v) is 2.85. The Morgan fingerprint density at radius 3 is 2.50 bits per heavy atom. The fraction of sp³-hybridized carbons (Fsp3) is 0.800. The van der Waals surface area contributed by atoms with Gasteiger partial charge in [0.15, 0.2) is 0 Å². The highest BCUT2D eigenvalue weighted by Gasteiger charge is 2.16. The number of thiol groups is 1. The highest BCUT2D eigenvalue weighted by molar-refractivity contribution is 9.09. The number of carbonyl (C=O) groups is 1. The first-order valence-corrected chi connectivity index (χ1v) is 4.16. The summed E-state index contributed by atoms with van der Waals surface area (Å²) >= 11 is 7.04. The predicted octanol–water partition coefficient (Wildman–Crippen LogP) is 0.515. The molecule has 0 aromatic rings. The van der Waals surface area contributed by atoms with Gasteiger partial charge in [0.05, 0.1) is 13.0 Å². The van der Waals surface area contributed by atoms with Gasteiger partial charge in [-0.15, -0.1) is 0 Å². The average molecular weight is 229 g/mol. The van der Waals surface area contributed by atoms with Crippen molar-refractivity contribution >= 4 is 34.5 Å². The maximum atomic E-state index is 10.1. The average Bonchev–Trinajstić information content (AvgIpc) is 1.85. The Morgan fingerprint density at radius 2 is 2.20 bits per heavy atom. The Kier molecular flexibility index (Phi) is 5.11. The first-order valence-electron chi connectivity index (χ1n) is 2.72. The van der Waals surface area contributed by atoms with Crippen LogP contribution in [0.2, 0.25) is 0 Å². The summed E-state index contributed by atoms with van der Waals surface area (Å²) in [5.74, 6) is -0.905. The normalized spacial score (nSPS) is 16.3. The Hall–Kier alpha value is 0.260. The van der Waals surface area contributed by atoms with E-state index in [2.05, 4.69) is 28.6 Å². The van der Waals surface area contributed by atoms with E-state index in [-0.39, 0.29) is 23.1 Å². The van der Waals surface area contributed by atoms with Crippen LogP contribution in [-0.4, -0.2) is 32.9 Å². The van der Waals surface area contributed by atoms with Gasteiger partial charge in [-0.3, -0.25) is 4.79 Å². The van der Waals surface area contributed by atoms with Crippen LogP contribution in [0.4, 0.5) is 0 Å². The molecular weight excluding hydrogens is 220 g/mol. The lowest BCUT2D eigenvalue weighted by atomic mass is 10.2. The van der Waals surface area contributed by atoms with Crippen molar-refractivity contribution < 1.29 is 15.0 Å². The standard InChI is InChI=1S/C5H9BrO3S/c6-3(2-7)4(10)1-5(8)9/h3-4,7,10H,1-2H2,(H,8,9). The molecule has 0 saturated carbocycles. The Bertz CT molecular complexity index is 119. The van der Waals surface area contributed by atoms with E-state index in [1.165, 1.54) is 0 Å². The van der Waals surface area contributed by atoms with Crippen LogP contribution in [0.1, 0.15) is 6.42 Å². The lowest BCUT2D eigenvalue weighted by Gasteiger charge is -2.11. The topological polar surface area (TPSA) is 57.5 Å². The van der Waals surface area contributed by atoms with Crippen molar-refractivity contribution in [3.05, 3.63) is 0 Å².